The molecule has 0 aromatic heterocycles. The molecule has 1 aromatic carbocycles. The minimum absolute atomic E-state index is 0.00577. The highest BCUT2D eigenvalue weighted by atomic mass is 19.4. The summed E-state index contributed by atoms with van der Waals surface area (Å²) in [6, 6.07) is -0.786. The quantitative estimate of drug-likeness (QED) is 0.0949. The van der Waals surface area contributed by atoms with Crippen LogP contribution < -0.4 is 0 Å². The van der Waals surface area contributed by atoms with E-state index < -0.39 is 64.6 Å². The van der Waals surface area contributed by atoms with E-state index in [-0.39, 0.29) is 30.4 Å². The smallest absolute Gasteiger partial charge is 0.430 e. The Bertz CT molecular complexity index is 1030. The topological polar surface area (TPSA) is 66.8 Å². The lowest BCUT2D eigenvalue weighted by molar-refractivity contribution is -0.378. The molecule has 288 valence electrons. The number of alkyl halides is 12. The normalized spacial score (nSPS) is 14.6. The van der Waals surface area contributed by atoms with Crippen molar-refractivity contribution in [1.29, 1.82) is 0 Å². The molecule has 49 heavy (non-hydrogen) atoms. The third-order valence-corrected chi connectivity index (χ3v) is 8.37. The van der Waals surface area contributed by atoms with Gasteiger partial charge >= 0.3 is 30.7 Å². The lowest BCUT2D eigenvalue weighted by Gasteiger charge is -2.36. The Morgan fingerprint density at radius 3 is 1.24 bits per heavy atom. The number of carbonyl (C=O) groups excluding carboxylic acids is 1. The van der Waals surface area contributed by atoms with Crippen molar-refractivity contribution in [3.63, 3.8) is 0 Å². The Morgan fingerprint density at radius 2 is 0.939 bits per heavy atom. The minimum atomic E-state index is -6.56. The summed E-state index contributed by atoms with van der Waals surface area (Å²) in [6.07, 6.45) is -12.4. The summed E-state index contributed by atoms with van der Waals surface area (Å²) in [5.41, 5.74) is -17.1. The fourth-order valence-corrected chi connectivity index (χ4v) is 4.64. The van der Waals surface area contributed by atoms with E-state index in [0.29, 0.717) is 6.61 Å². The van der Waals surface area contributed by atoms with Crippen LogP contribution in [0.2, 0.25) is 0 Å². The number of aliphatic hydroxyl groups is 2. The van der Waals surface area contributed by atoms with Crippen molar-refractivity contribution in [3.8, 4) is 0 Å². The van der Waals surface area contributed by atoms with E-state index >= 15 is 0 Å². The second-order valence-electron chi connectivity index (χ2n) is 12.2. The Balaban J connectivity index is 0.00000105. The highest BCUT2D eigenvalue weighted by Gasteiger charge is 2.74. The zero-order valence-electron chi connectivity index (χ0n) is 28.3. The second kappa shape index (κ2) is 19.4. The molecule has 0 aliphatic rings. The summed E-state index contributed by atoms with van der Waals surface area (Å²) < 4.78 is 163. The Kier molecular flexibility index (Phi) is 18.5. The van der Waals surface area contributed by atoms with Gasteiger partial charge < -0.3 is 14.9 Å². The largest absolute Gasteiger partial charge is 0.465 e. The van der Waals surface area contributed by atoms with Gasteiger partial charge in [0.25, 0.3) is 11.2 Å². The Hall–Kier alpha value is -2.23. The Labute approximate surface area is 279 Å². The molecule has 0 fully saturated rings. The molecule has 0 radical (unpaired) electrons. The average molecular weight is 737 g/mol. The van der Waals surface area contributed by atoms with Crippen molar-refractivity contribution in [3.05, 3.63) is 34.9 Å². The van der Waals surface area contributed by atoms with E-state index in [1.807, 2.05) is 13.8 Å². The van der Waals surface area contributed by atoms with Crippen molar-refractivity contribution >= 4 is 5.97 Å². The van der Waals surface area contributed by atoms with Gasteiger partial charge in [-0.2, -0.15) is 52.7 Å². The van der Waals surface area contributed by atoms with Crippen LogP contribution in [0.25, 0.3) is 0 Å². The number of hydrogen-bond acceptors (Lipinski definition) is 4. The third-order valence-electron chi connectivity index (χ3n) is 8.37. The zero-order chi connectivity index (χ0) is 38.5. The Morgan fingerprint density at radius 1 is 0.592 bits per heavy atom. The minimum Gasteiger partial charge on any atom is -0.465 e. The molecule has 16 heteroatoms. The van der Waals surface area contributed by atoms with Gasteiger partial charge in [0.2, 0.25) is 0 Å². The molecule has 0 amide bonds. The molecule has 0 bridgehead atoms. The number of hydrogen-bond donors (Lipinski definition) is 2. The average Bonchev–Trinajstić information content (AvgIpc) is 2.99. The molecule has 0 saturated carbocycles. The zero-order valence-corrected chi connectivity index (χ0v) is 28.3. The number of esters is 1. The standard InChI is InChI=1S/C17H34O2.C16H14F12O2/c1-4-6-7-8-9-10-11-12-13-14-15-19-17(18)16(3)5-2;1-3-7(2)8-4-9(11(29,13(17,18)19)14(20,21)22)6-10(5-8)12(30,15(23,24)25)16(26,27)28/h16H,4-15H2,1-3H3;4-7,29-30H,3H2,1-2H3. The van der Waals surface area contributed by atoms with Crippen LogP contribution in [0.5, 0.6) is 0 Å². The maximum atomic E-state index is 13.1. The highest BCUT2D eigenvalue weighted by Crippen LogP contribution is 2.54. The number of ether oxygens (including phenoxy) is 1. The van der Waals surface area contributed by atoms with Gasteiger partial charge in [-0.15, -0.1) is 0 Å². The maximum Gasteiger partial charge on any atom is 0.430 e. The van der Waals surface area contributed by atoms with Crippen LogP contribution in [-0.4, -0.2) is 47.5 Å². The second-order valence-corrected chi connectivity index (χ2v) is 12.2. The molecule has 1 aromatic rings. The highest BCUT2D eigenvalue weighted by molar-refractivity contribution is 5.71. The summed E-state index contributed by atoms with van der Waals surface area (Å²) in [6.45, 7) is 9.22. The van der Waals surface area contributed by atoms with Gasteiger partial charge in [0.1, 0.15) is 0 Å². The summed E-state index contributed by atoms with van der Waals surface area (Å²) >= 11 is 0. The SMILES string of the molecule is CCC(C)c1cc(C(O)(C(F)(F)F)C(F)(F)F)cc(C(O)(C(F)(F)F)C(F)(F)F)c1.CCCCCCCCCCCCOC(=O)C(C)CC. The van der Waals surface area contributed by atoms with Crippen LogP contribution in [-0.2, 0) is 20.7 Å². The van der Waals surface area contributed by atoms with Crippen molar-refractivity contribution < 1.29 is 72.4 Å². The number of carbonyl (C=O) groups is 1. The van der Waals surface area contributed by atoms with E-state index in [4.69, 9.17) is 4.74 Å². The van der Waals surface area contributed by atoms with Crippen LogP contribution in [0.4, 0.5) is 52.7 Å². The first-order valence-electron chi connectivity index (χ1n) is 16.3. The molecular formula is C33H48F12O4. The number of benzene rings is 1. The molecule has 2 unspecified atom stereocenters. The monoisotopic (exact) mass is 736 g/mol. The van der Waals surface area contributed by atoms with E-state index in [9.17, 15) is 67.7 Å². The van der Waals surface area contributed by atoms with Gasteiger partial charge in [-0.25, -0.2) is 0 Å². The van der Waals surface area contributed by atoms with Crippen LogP contribution in [0.3, 0.4) is 0 Å². The van der Waals surface area contributed by atoms with Gasteiger partial charge in [-0.3, -0.25) is 4.79 Å². The molecule has 0 saturated heterocycles. The van der Waals surface area contributed by atoms with Crippen molar-refractivity contribution in [2.24, 2.45) is 5.92 Å². The van der Waals surface area contributed by atoms with E-state index in [1.54, 1.807) is 0 Å². The summed E-state index contributed by atoms with van der Waals surface area (Å²) in [5, 5.41) is 18.9. The van der Waals surface area contributed by atoms with Gasteiger partial charge in [0.15, 0.2) is 0 Å². The number of halogens is 12. The summed E-state index contributed by atoms with van der Waals surface area (Å²) in [5.74, 6) is -1.10. The lowest BCUT2D eigenvalue weighted by atomic mass is 9.82. The van der Waals surface area contributed by atoms with Crippen LogP contribution in [0, 0.1) is 5.92 Å². The van der Waals surface area contributed by atoms with Gasteiger partial charge in [0.05, 0.1) is 12.5 Å². The molecule has 0 spiro atoms. The fraction of sp³-hybridized carbons (Fsp3) is 0.788. The van der Waals surface area contributed by atoms with Crippen molar-refractivity contribution in [2.45, 2.75) is 153 Å². The van der Waals surface area contributed by atoms with Gasteiger partial charge in [0, 0.05) is 11.1 Å². The maximum absolute atomic E-state index is 13.1. The molecule has 0 heterocycles. The number of unbranched alkanes of at least 4 members (excludes halogenated alkanes) is 9. The molecule has 4 nitrogen and oxygen atoms in total. The number of rotatable bonds is 17. The molecule has 2 atom stereocenters. The predicted octanol–water partition coefficient (Wildman–Crippen LogP) is 11.3. The third kappa shape index (κ3) is 12.8. The van der Waals surface area contributed by atoms with E-state index in [1.165, 1.54) is 64.7 Å². The molecule has 2 N–H and O–H groups in total. The summed E-state index contributed by atoms with van der Waals surface area (Å²) in [7, 11) is 0. The van der Waals surface area contributed by atoms with Crippen LogP contribution >= 0.6 is 0 Å². The first kappa shape index (κ1) is 46.8. The molecular weight excluding hydrogens is 688 g/mol. The van der Waals surface area contributed by atoms with Crippen LogP contribution in [0.15, 0.2) is 18.2 Å². The van der Waals surface area contributed by atoms with Crippen molar-refractivity contribution in [2.75, 3.05) is 6.61 Å². The predicted molar refractivity (Wildman–Crippen MR) is 159 cm³/mol. The molecule has 1 rings (SSSR count). The molecule has 0 aliphatic heterocycles. The first-order chi connectivity index (χ1) is 22.3. The lowest BCUT2D eigenvalue weighted by Crippen LogP contribution is -2.56. The first-order valence-corrected chi connectivity index (χ1v) is 16.3. The van der Waals surface area contributed by atoms with Gasteiger partial charge in [-0.05, 0) is 36.8 Å². The summed E-state index contributed by atoms with van der Waals surface area (Å²) in [4.78, 5) is 11.4. The fourth-order valence-electron chi connectivity index (χ4n) is 4.64. The van der Waals surface area contributed by atoms with Crippen LogP contribution in [0.1, 0.15) is 134 Å². The van der Waals surface area contributed by atoms with Crippen molar-refractivity contribution in [1.82, 2.24) is 0 Å². The van der Waals surface area contributed by atoms with E-state index in [2.05, 4.69) is 6.92 Å². The molecule has 0 aliphatic carbocycles. The van der Waals surface area contributed by atoms with E-state index in [0.717, 1.165) is 19.8 Å². The van der Waals surface area contributed by atoms with Gasteiger partial charge in [-0.1, -0.05) is 105 Å².